The Morgan fingerprint density at radius 2 is 0.914 bits per heavy atom. The van der Waals surface area contributed by atoms with Gasteiger partial charge in [0.05, 0.1) is 12.7 Å². The number of ether oxygens (including phenoxy) is 2. The number of carbonyl (C=O) groups is 1. The molecule has 3 nitrogen and oxygen atoms in total. The summed E-state index contributed by atoms with van der Waals surface area (Å²) < 4.78 is 10.9. The van der Waals surface area contributed by atoms with Crippen LogP contribution in [-0.4, -0.2) is 13.1 Å². The van der Waals surface area contributed by atoms with Gasteiger partial charge in [-0.3, -0.25) is 0 Å². The summed E-state index contributed by atoms with van der Waals surface area (Å²) in [4.78, 5) is 12.4. The first kappa shape index (κ1) is 22.2. The summed E-state index contributed by atoms with van der Waals surface area (Å²) in [6, 6.07) is 41.5. The van der Waals surface area contributed by atoms with Crippen molar-refractivity contribution < 1.29 is 14.3 Å². The van der Waals surface area contributed by atoms with Gasteiger partial charge in [0.25, 0.3) is 0 Å². The van der Waals surface area contributed by atoms with Crippen LogP contribution in [-0.2, 0) is 0 Å². The monoisotopic (exact) mass is 456 g/mol. The van der Waals surface area contributed by atoms with Crippen molar-refractivity contribution in [1.82, 2.24) is 0 Å². The Kier molecular flexibility index (Phi) is 6.40. The molecule has 0 spiro atoms. The van der Waals surface area contributed by atoms with Gasteiger partial charge in [0.1, 0.15) is 11.5 Å². The Balaban J connectivity index is 1.47. The molecule has 0 atom stereocenters. The van der Waals surface area contributed by atoms with Gasteiger partial charge in [0, 0.05) is 0 Å². The number of carbonyl (C=O) groups excluding carboxylic acids is 1. The Hall–Kier alpha value is -4.63. The molecule has 0 unspecified atom stereocenters. The minimum Gasteiger partial charge on any atom is -0.497 e. The summed E-state index contributed by atoms with van der Waals surface area (Å²) in [6.07, 6.45) is 0. The van der Waals surface area contributed by atoms with Crippen LogP contribution in [0.25, 0.3) is 33.4 Å². The van der Waals surface area contributed by atoms with Gasteiger partial charge in [-0.2, -0.15) is 0 Å². The molecule has 170 valence electrons. The largest absolute Gasteiger partial charge is 0.497 e. The predicted octanol–water partition coefficient (Wildman–Crippen LogP) is 7.92. The van der Waals surface area contributed by atoms with Crippen molar-refractivity contribution >= 4 is 5.97 Å². The molecule has 0 saturated heterocycles. The molecule has 0 aliphatic carbocycles. The lowest BCUT2D eigenvalue weighted by molar-refractivity contribution is 0.0735. The van der Waals surface area contributed by atoms with E-state index in [0.29, 0.717) is 11.3 Å². The predicted molar refractivity (Wildman–Crippen MR) is 141 cm³/mol. The lowest BCUT2D eigenvalue weighted by Crippen LogP contribution is -2.07. The average Bonchev–Trinajstić information content (AvgIpc) is 2.94. The maximum atomic E-state index is 12.4. The van der Waals surface area contributed by atoms with E-state index in [1.807, 2.05) is 60.7 Å². The smallest absolute Gasteiger partial charge is 0.343 e. The van der Waals surface area contributed by atoms with E-state index in [4.69, 9.17) is 9.47 Å². The quantitative estimate of drug-likeness (QED) is 0.192. The molecule has 0 heterocycles. The van der Waals surface area contributed by atoms with Crippen molar-refractivity contribution in [3.63, 3.8) is 0 Å². The molecule has 35 heavy (non-hydrogen) atoms. The van der Waals surface area contributed by atoms with Crippen molar-refractivity contribution in [2.24, 2.45) is 0 Å². The number of rotatable bonds is 6. The fraction of sp³-hybridized carbons (Fsp3) is 0.0312. The van der Waals surface area contributed by atoms with Crippen LogP contribution in [0.15, 0.2) is 127 Å². The SMILES string of the molecule is COc1ccc(-c2ccccc2-c2ccccc2-c2ccc(OC(=O)c3ccccc3)cc2)cc1. The molecule has 3 heteroatoms. The Labute approximate surface area is 205 Å². The van der Waals surface area contributed by atoms with Crippen molar-refractivity contribution in [2.75, 3.05) is 7.11 Å². The molecular formula is C32H24O3. The molecule has 5 rings (SSSR count). The molecule has 0 bridgehead atoms. The molecule has 0 N–H and O–H groups in total. The molecule has 0 aliphatic heterocycles. The number of hydrogen-bond acceptors (Lipinski definition) is 3. The first-order chi connectivity index (χ1) is 17.2. The van der Waals surface area contributed by atoms with Crippen LogP contribution in [0.1, 0.15) is 10.4 Å². The van der Waals surface area contributed by atoms with Crippen molar-refractivity contribution in [1.29, 1.82) is 0 Å². The summed E-state index contributed by atoms with van der Waals surface area (Å²) in [7, 11) is 1.67. The number of esters is 1. The van der Waals surface area contributed by atoms with Gasteiger partial charge >= 0.3 is 5.97 Å². The Morgan fingerprint density at radius 3 is 1.40 bits per heavy atom. The van der Waals surface area contributed by atoms with Crippen LogP contribution < -0.4 is 9.47 Å². The van der Waals surface area contributed by atoms with Gasteiger partial charge in [0.2, 0.25) is 0 Å². The van der Waals surface area contributed by atoms with Gasteiger partial charge in [-0.15, -0.1) is 0 Å². The van der Waals surface area contributed by atoms with E-state index >= 15 is 0 Å². The van der Waals surface area contributed by atoms with Gasteiger partial charge in [-0.05, 0) is 69.8 Å². The lowest BCUT2D eigenvalue weighted by atomic mass is 9.89. The first-order valence-corrected chi connectivity index (χ1v) is 11.4. The zero-order valence-electron chi connectivity index (χ0n) is 19.3. The van der Waals surface area contributed by atoms with E-state index in [1.165, 1.54) is 0 Å². The Morgan fingerprint density at radius 1 is 0.486 bits per heavy atom. The summed E-state index contributed by atoms with van der Waals surface area (Å²) >= 11 is 0. The second kappa shape index (κ2) is 10.1. The molecule has 0 radical (unpaired) electrons. The standard InChI is InChI=1S/C32H24O3/c1-34-26-19-15-23(16-20-26)28-11-5-7-13-30(28)31-14-8-6-12-29(31)24-17-21-27(22-18-24)35-32(33)25-9-3-2-4-10-25/h2-22H,1H3. The third kappa shape index (κ3) is 4.85. The fourth-order valence-electron chi connectivity index (χ4n) is 4.15. The van der Waals surface area contributed by atoms with E-state index in [9.17, 15) is 4.79 Å². The van der Waals surface area contributed by atoms with E-state index in [1.54, 1.807) is 19.2 Å². The van der Waals surface area contributed by atoms with Crippen LogP contribution in [0.4, 0.5) is 0 Å². The van der Waals surface area contributed by atoms with Crippen LogP contribution in [0.2, 0.25) is 0 Å². The topological polar surface area (TPSA) is 35.5 Å². The van der Waals surface area contributed by atoms with Crippen LogP contribution >= 0.6 is 0 Å². The molecule has 5 aromatic carbocycles. The zero-order valence-corrected chi connectivity index (χ0v) is 19.3. The average molecular weight is 457 g/mol. The third-order valence-corrected chi connectivity index (χ3v) is 5.93. The molecular weight excluding hydrogens is 432 g/mol. The minimum atomic E-state index is -0.368. The molecule has 0 aliphatic rings. The van der Waals surface area contributed by atoms with Gasteiger partial charge < -0.3 is 9.47 Å². The second-order valence-corrected chi connectivity index (χ2v) is 8.10. The summed E-state index contributed by atoms with van der Waals surface area (Å²) in [5.74, 6) is 0.977. The highest BCUT2D eigenvalue weighted by Crippen LogP contribution is 2.38. The molecule has 5 aromatic rings. The summed E-state index contributed by atoms with van der Waals surface area (Å²) in [5.41, 5.74) is 7.23. The molecule has 0 saturated carbocycles. The first-order valence-electron chi connectivity index (χ1n) is 11.4. The maximum absolute atomic E-state index is 12.4. The van der Waals surface area contributed by atoms with Crippen LogP contribution in [0, 0.1) is 0 Å². The summed E-state index contributed by atoms with van der Waals surface area (Å²) in [6.45, 7) is 0. The zero-order chi connectivity index (χ0) is 24.0. The highest BCUT2D eigenvalue weighted by molar-refractivity contribution is 5.92. The summed E-state index contributed by atoms with van der Waals surface area (Å²) in [5, 5.41) is 0. The van der Waals surface area contributed by atoms with E-state index in [-0.39, 0.29) is 5.97 Å². The van der Waals surface area contributed by atoms with Gasteiger partial charge in [0.15, 0.2) is 0 Å². The molecule has 0 fully saturated rings. The van der Waals surface area contributed by atoms with Crippen molar-refractivity contribution in [3.05, 3.63) is 133 Å². The fourth-order valence-corrected chi connectivity index (χ4v) is 4.15. The number of methoxy groups -OCH3 is 1. The molecule has 0 amide bonds. The third-order valence-electron chi connectivity index (χ3n) is 5.93. The highest BCUT2D eigenvalue weighted by Gasteiger charge is 2.13. The highest BCUT2D eigenvalue weighted by atomic mass is 16.5. The lowest BCUT2D eigenvalue weighted by Gasteiger charge is -2.15. The maximum Gasteiger partial charge on any atom is 0.343 e. The van der Waals surface area contributed by atoms with Crippen LogP contribution in [0.5, 0.6) is 11.5 Å². The van der Waals surface area contributed by atoms with Crippen molar-refractivity contribution in [2.45, 2.75) is 0 Å². The Bertz CT molecular complexity index is 1440. The van der Waals surface area contributed by atoms with Crippen molar-refractivity contribution in [3.8, 4) is 44.9 Å². The van der Waals surface area contributed by atoms with E-state index < -0.39 is 0 Å². The number of hydrogen-bond donors (Lipinski definition) is 0. The number of benzene rings is 5. The van der Waals surface area contributed by atoms with Gasteiger partial charge in [-0.25, -0.2) is 4.79 Å². The molecule has 0 aromatic heterocycles. The van der Waals surface area contributed by atoms with Crippen LogP contribution in [0.3, 0.4) is 0 Å². The minimum absolute atomic E-state index is 0.368. The normalized spacial score (nSPS) is 10.5. The van der Waals surface area contributed by atoms with E-state index in [2.05, 4.69) is 54.6 Å². The second-order valence-electron chi connectivity index (χ2n) is 8.10. The van der Waals surface area contributed by atoms with Gasteiger partial charge in [-0.1, -0.05) is 91.0 Å². The van der Waals surface area contributed by atoms with E-state index in [0.717, 1.165) is 39.1 Å².